The Morgan fingerprint density at radius 3 is 2.26 bits per heavy atom. The Hall–Kier alpha value is -1.89. The van der Waals surface area contributed by atoms with Gasteiger partial charge in [-0.1, -0.05) is 11.6 Å². The number of nitrogens with one attached hydrogen (secondary N) is 2. The third-order valence-electron chi connectivity index (χ3n) is 3.45. The maximum Gasteiger partial charge on any atom is 0.322 e. The second-order valence-corrected chi connectivity index (χ2v) is 6.27. The van der Waals surface area contributed by atoms with Gasteiger partial charge in [-0.15, -0.1) is 0 Å². The molecule has 0 atom stereocenters. The zero-order valence-corrected chi connectivity index (χ0v) is 13.4. The molecule has 0 aliphatic heterocycles. The van der Waals surface area contributed by atoms with Crippen LogP contribution in [0.2, 0.25) is 5.02 Å². The lowest BCUT2D eigenvalue weighted by Gasteiger charge is -2.43. The Morgan fingerprint density at radius 2 is 1.78 bits per heavy atom. The number of esters is 1. The van der Waals surface area contributed by atoms with Crippen LogP contribution >= 0.6 is 11.6 Å². The van der Waals surface area contributed by atoms with Crippen molar-refractivity contribution in [3.8, 4) is 0 Å². The first-order valence-electron chi connectivity index (χ1n) is 7.06. The Labute approximate surface area is 137 Å². The second kappa shape index (κ2) is 6.31. The highest BCUT2D eigenvalue weighted by atomic mass is 35.5. The molecular formula is C15H17ClF2N2O3. The van der Waals surface area contributed by atoms with E-state index in [1.165, 1.54) is 0 Å². The van der Waals surface area contributed by atoms with Crippen molar-refractivity contribution >= 4 is 29.2 Å². The van der Waals surface area contributed by atoms with Crippen LogP contribution in [0.25, 0.3) is 0 Å². The predicted octanol–water partition coefficient (Wildman–Crippen LogP) is 3.15. The number of amides is 1. The molecule has 0 saturated heterocycles. The minimum absolute atomic E-state index is 0.495. The molecule has 1 amide bonds. The molecule has 23 heavy (non-hydrogen) atoms. The number of anilines is 1. The van der Waals surface area contributed by atoms with E-state index in [9.17, 15) is 18.4 Å². The number of ether oxygens (including phenoxy) is 1. The number of rotatable bonds is 5. The summed E-state index contributed by atoms with van der Waals surface area (Å²) >= 11 is 5.74. The van der Waals surface area contributed by atoms with Crippen LogP contribution in [0.1, 0.15) is 26.7 Å². The van der Waals surface area contributed by atoms with Crippen LogP contribution in [-0.2, 0) is 14.3 Å². The van der Waals surface area contributed by atoms with Gasteiger partial charge in [0.1, 0.15) is 0 Å². The number of benzene rings is 1. The number of halogens is 3. The third kappa shape index (κ3) is 3.90. The van der Waals surface area contributed by atoms with E-state index in [4.69, 9.17) is 16.3 Å². The fourth-order valence-corrected chi connectivity index (χ4v) is 2.46. The van der Waals surface area contributed by atoms with Crippen LogP contribution in [0.4, 0.5) is 14.5 Å². The summed E-state index contributed by atoms with van der Waals surface area (Å²) in [6.45, 7) is 3.18. The van der Waals surface area contributed by atoms with Gasteiger partial charge in [0.05, 0.1) is 11.8 Å². The summed E-state index contributed by atoms with van der Waals surface area (Å²) in [6.07, 6.45) is -2.22. The molecule has 0 radical (unpaired) electrons. The number of alkyl halides is 2. The number of hydrazine groups is 1. The van der Waals surface area contributed by atoms with Crippen LogP contribution in [0.3, 0.4) is 0 Å². The molecule has 126 valence electrons. The lowest BCUT2D eigenvalue weighted by atomic mass is 9.65. The molecule has 8 heteroatoms. The maximum atomic E-state index is 13.3. The van der Waals surface area contributed by atoms with Crippen LogP contribution in [0, 0.1) is 5.41 Å². The minimum Gasteiger partial charge on any atom is -0.462 e. The quantitative estimate of drug-likeness (QED) is 0.488. The average molecular weight is 347 g/mol. The van der Waals surface area contributed by atoms with Gasteiger partial charge in [0, 0.05) is 17.9 Å². The standard InChI is InChI=1S/C15H17ClF2N2O3/c1-9(2)23-13(22)14(7-15(17,18)8-14)12(21)20-19-11-5-3-10(16)4-6-11/h3-6,9,19H,7-8H2,1-2H3,(H,20,21). The van der Waals surface area contributed by atoms with Crippen molar-refractivity contribution in [3.05, 3.63) is 29.3 Å². The van der Waals surface area contributed by atoms with Gasteiger partial charge in [-0.25, -0.2) is 8.78 Å². The van der Waals surface area contributed by atoms with E-state index in [0.717, 1.165) is 0 Å². The van der Waals surface area contributed by atoms with Gasteiger partial charge in [-0.3, -0.25) is 20.4 Å². The molecule has 1 aromatic carbocycles. The monoisotopic (exact) mass is 346 g/mol. The Kier molecular flexibility index (Phi) is 4.79. The molecule has 5 nitrogen and oxygen atoms in total. The Morgan fingerprint density at radius 1 is 1.22 bits per heavy atom. The normalized spacial score (nSPS) is 18.0. The lowest BCUT2D eigenvalue weighted by Crippen LogP contribution is -2.60. The molecular weight excluding hydrogens is 330 g/mol. The van der Waals surface area contributed by atoms with Crippen molar-refractivity contribution in [3.63, 3.8) is 0 Å². The van der Waals surface area contributed by atoms with Crippen LogP contribution in [0.5, 0.6) is 0 Å². The zero-order valence-electron chi connectivity index (χ0n) is 12.7. The summed E-state index contributed by atoms with van der Waals surface area (Å²) < 4.78 is 31.5. The molecule has 0 aromatic heterocycles. The van der Waals surface area contributed by atoms with Crippen molar-refractivity contribution in [2.45, 2.75) is 38.7 Å². The van der Waals surface area contributed by atoms with Crippen LogP contribution in [-0.4, -0.2) is 23.9 Å². The summed E-state index contributed by atoms with van der Waals surface area (Å²) in [6, 6.07) is 6.38. The number of carbonyl (C=O) groups is 2. The summed E-state index contributed by atoms with van der Waals surface area (Å²) in [5, 5.41) is 0.512. The molecule has 0 bridgehead atoms. The molecule has 1 aromatic rings. The Bertz CT molecular complexity index is 597. The number of carbonyl (C=O) groups excluding carboxylic acids is 2. The largest absolute Gasteiger partial charge is 0.462 e. The maximum absolute atomic E-state index is 13.3. The smallest absolute Gasteiger partial charge is 0.322 e. The third-order valence-corrected chi connectivity index (χ3v) is 3.71. The van der Waals surface area contributed by atoms with Crippen molar-refractivity contribution in [1.29, 1.82) is 0 Å². The van der Waals surface area contributed by atoms with E-state index in [0.29, 0.717) is 10.7 Å². The molecule has 0 spiro atoms. The summed E-state index contributed by atoms with van der Waals surface area (Å²) in [4.78, 5) is 24.3. The fraction of sp³-hybridized carbons (Fsp3) is 0.467. The second-order valence-electron chi connectivity index (χ2n) is 5.83. The molecule has 0 heterocycles. The first-order chi connectivity index (χ1) is 10.6. The highest BCUT2D eigenvalue weighted by Crippen LogP contribution is 2.53. The van der Waals surface area contributed by atoms with Crippen molar-refractivity contribution in [2.24, 2.45) is 5.41 Å². The fourth-order valence-electron chi connectivity index (χ4n) is 2.34. The number of hydrogen-bond donors (Lipinski definition) is 2. The highest BCUT2D eigenvalue weighted by Gasteiger charge is 2.66. The van der Waals surface area contributed by atoms with Gasteiger partial charge in [-0.2, -0.15) is 0 Å². The summed E-state index contributed by atoms with van der Waals surface area (Å²) in [5.74, 6) is -4.83. The average Bonchev–Trinajstić information content (AvgIpc) is 2.42. The molecule has 2 N–H and O–H groups in total. The van der Waals surface area contributed by atoms with Gasteiger partial charge < -0.3 is 4.74 Å². The predicted molar refractivity (Wildman–Crippen MR) is 81.1 cm³/mol. The van der Waals surface area contributed by atoms with Gasteiger partial charge in [0.2, 0.25) is 0 Å². The number of hydrogen-bond acceptors (Lipinski definition) is 4. The summed E-state index contributed by atoms with van der Waals surface area (Å²) in [5.41, 5.74) is 3.49. The van der Waals surface area contributed by atoms with Gasteiger partial charge >= 0.3 is 5.97 Å². The molecule has 2 rings (SSSR count). The van der Waals surface area contributed by atoms with E-state index >= 15 is 0 Å². The van der Waals surface area contributed by atoms with E-state index in [1.807, 2.05) is 0 Å². The first-order valence-corrected chi connectivity index (χ1v) is 7.43. The minimum atomic E-state index is -3.05. The van der Waals surface area contributed by atoms with Crippen LogP contribution in [0.15, 0.2) is 24.3 Å². The van der Waals surface area contributed by atoms with Crippen molar-refractivity contribution < 1.29 is 23.1 Å². The van der Waals surface area contributed by atoms with Gasteiger partial charge in [-0.05, 0) is 38.1 Å². The van der Waals surface area contributed by atoms with E-state index in [2.05, 4.69) is 10.9 Å². The molecule has 1 fully saturated rings. The Balaban J connectivity index is 2.06. The molecule has 1 saturated carbocycles. The first kappa shape index (κ1) is 17.5. The van der Waals surface area contributed by atoms with E-state index < -0.39 is 42.2 Å². The lowest BCUT2D eigenvalue weighted by molar-refractivity contribution is -0.203. The topological polar surface area (TPSA) is 67.4 Å². The SMILES string of the molecule is CC(C)OC(=O)C1(C(=O)NNc2ccc(Cl)cc2)CC(F)(F)C1. The summed E-state index contributed by atoms with van der Waals surface area (Å²) in [7, 11) is 0. The zero-order chi connectivity index (χ0) is 17.3. The van der Waals surface area contributed by atoms with Crippen LogP contribution < -0.4 is 10.9 Å². The van der Waals surface area contributed by atoms with Gasteiger partial charge in [0.15, 0.2) is 5.41 Å². The van der Waals surface area contributed by atoms with E-state index in [-0.39, 0.29) is 0 Å². The van der Waals surface area contributed by atoms with Gasteiger partial charge in [0.25, 0.3) is 11.8 Å². The molecule has 1 aliphatic carbocycles. The molecule has 1 aliphatic rings. The van der Waals surface area contributed by atoms with Crippen molar-refractivity contribution in [1.82, 2.24) is 5.43 Å². The van der Waals surface area contributed by atoms with Crippen molar-refractivity contribution in [2.75, 3.05) is 5.43 Å². The molecule has 0 unspecified atom stereocenters. The van der Waals surface area contributed by atoms with E-state index in [1.54, 1.807) is 38.1 Å². The highest BCUT2D eigenvalue weighted by molar-refractivity contribution is 6.30.